The summed E-state index contributed by atoms with van der Waals surface area (Å²) < 4.78 is 0. The van der Waals surface area contributed by atoms with Gasteiger partial charge in [0.1, 0.15) is 12.1 Å². The summed E-state index contributed by atoms with van der Waals surface area (Å²) >= 11 is 0. The number of amides is 3. The zero-order valence-electron chi connectivity index (χ0n) is 18.8. The van der Waals surface area contributed by atoms with Crippen LogP contribution < -0.4 is 16.0 Å². The minimum Gasteiger partial charge on any atom is -0.350 e. The lowest BCUT2D eigenvalue weighted by Gasteiger charge is -2.31. The van der Waals surface area contributed by atoms with Crippen LogP contribution in [0.25, 0.3) is 0 Å². The quantitative estimate of drug-likeness (QED) is 0.573. The molecule has 166 valence electrons. The zero-order chi connectivity index (χ0) is 22.3. The van der Waals surface area contributed by atoms with E-state index in [1.807, 2.05) is 58.0 Å². The third-order valence-corrected chi connectivity index (χ3v) is 5.36. The van der Waals surface area contributed by atoms with E-state index >= 15 is 0 Å². The molecule has 7 nitrogen and oxygen atoms in total. The number of likely N-dealkylation sites (tertiary alicyclic amines) is 1. The van der Waals surface area contributed by atoms with Crippen LogP contribution in [0.4, 0.5) is 0 Å². The second-order valence-corrected chi connectivity index (χ2v) is 8.67. The smallest absolute Gasteiger partial charge is 0.246 e. The van der Waals surface area contributed by atoms with Gasteiger partial charge in [-0.25, -0.2) is 0 Å². The first-order valence-corrected chi connectivity index (χ1v) is 10.9. The first kappa shape index (κ1) is 23.9. The molecule has 1 heterocycles. The predicted molar refractivity (Wildman–Crippen MR) is 118 cm³/mol. The van der Waals surface area contributed by atoms with Gasteiger partial charge in [0.25, 0.3) is 0 Å². The van der Waals surface area contributed by atoms with Crippen LogP contribution in [0, 0.1) is 5.92 Å². The maximum Gasteiger partial charge on any atom is 0.246 e. The summed E-state index contributed by atoms with van der Waals surface area (Å²) in [5.74, 6) is -0.623. The lowest BCUT2D eigenvalue weighted by Crippen LogP contribution is -2.57. The molecule has 0 aromatic heterocycles. The highest BCUT2D eigenvalue weighted by Crippen LogP contribution is 2.20. The van der Waals surface area contributed by atoms with Gasteiger partial charge in [-0.1, -0.05) is 58.0 Å². The Kier molecular flexibility index (Phi) is 8.84. The number of nitrogens with zero attached hydrogens (tertiary/aromatic N) is 1. The third-order valence-electron chi connectivity index (χ3n) is 5.36. The molecule has 0 saturated carbocycles. The van der Waals surface area contributed by atoms with Crippen LogP contribution in [0.3, 0.4) is 0 Å². The summed E-state index contributed by atoms with van der Waals surface area (Å²) in [6, 6.07) is 8.30. The average Bonchev–Trinajstić information content (AvgIpc) is 3.19. The lowest BCUT2D eigenvalue weighted by molar-refractivity contribution is -0.142. The molecule has 0 aliphatic carbocycles. The highest BCUT2D eigenvalue weighted by Gasteiger charge is 2.38. The van der Waals surface area contributed by atoms with Crippen molar-refractivity contribution in [3.8, 4) is 0 Å². The fourth-order valence-electron chi connectivity index (χ4n) is 3.75. The Bertz CT molecular complexity index is 720. The van der Waals surface area contributed by atoms with Crippen LogP contribution in [0.15, 0.2) is 30.3 Å². The van der Waals surface area contributed by atoms with E-state index in [2.05, 4.69) is 16.0 Å². The average molecular weight is 417 g/mol. The molecule has 2 rings (SSSR count). The highest BCUT2D eigenvalue weighted by molar-refractivity contribution is 5.93. The van der Waals surface area contributed by atoms with Gasteiger partial charge < -0.3 is 20.9 Å². The van der Waals surface area contributed by atoms with Crippen LogP contribution in [-0.4, -0.2) is 53.3 Å². The minimum absolute atomic E-state index is 0.0821. The summed E-state index contributed by atoms with van der Waals surface area (Å²) in [5.41, 5.74) is 1.01. The number of hydrogen-bond acceptors (Lipinski definition) is 4. The van der Waals surface area contributed by atoms with Crippen molar-refractivity contribution < 1.29 is 14.4 Å². The molecule has 3 atom stereocenters. The van der Waals surface area contributed by atoms with Crippen molar-refractivity contribution in [2.45, 2.75) is 78.2 Å². The van der Waals surface area contributed by atoms with Gasteiger partial charge in [-0.3, -0.25) is 14.4 Å². The Hall–Kier alpha value is -2.41. The number of rotatable bonds is 9. The van der Waals surface area contributed by atoms with Gasteiger partial charge in [0.2, 0.25) is 17.7 Å². The first-order valence-electron chi connectivity index (χ1n) is 10.9. The molecular formula is C23H36N4O3. The summed E-state index contributed by atoms with van der Waals surface area (Å²) in [6.45, 7) is 10.5. The topological polar surface area (TPSA) is 90.5 Å². The molecule has 1 aromatic carbocycles. The molecule has 3 N–H and O–H groups in total. The second-order valence-electron chi connectivity index (χ2n) is 8.67. The highest BCUT2D eigenvalue weighted by atomic mass is 16.2. The molecule has 1 aromatic rings. The van der Waals surface area contributed by atoms with E-state index in [1.165, 1.54) is 0 Å². The number of carbonyl (C=O) groups excluding carboxylic acids is 3. The van der Waals surface area contributed by atoms with Gasteiger partial charge in [0.05, 0.1) is 6.04 Å². The van der Waals surface area contributed by atoms with Gasteiger partial charge in [0, 0.05) is 19.1 Å². The summed E-state index contributed by atoms with van der Waals surface area (Å²) in [6.07, 6.45) is 1.41. The van der Waals surface area contributed by atoms with Crippen molar-refractivity contribution in [2.24, 2.45) is 5.92 Å². The van der Waals surface area contributed by atoms with Crippen LogP contribution in [0.1, 0.15) is 53.0 Å². The van der Waals surface area contributed by atoms with E-state index in [-0.39, 0.29) is 29.7 Å². The number of hydrogen-bond donors (Lipinski definition) is 3. The largest absolute Gasteiger partial charge is 0.350 e. The van der Waals surface area contributed by atoms with Gasteiger partial charge in [-0.15, -0.1) is 0 Å². The van der Waals surface area contributed by atoms with Crippen LogP contribution in [-0.2, 0) is 20.9 Å². The van der Waals surface area contributed by atoms with E-state index < -0.39 is 18.1 Å². The number of carbonyl (C=O) groups is 3. The van der Waals surface area contributed by atoms with Crippen molar-refractivity contribution >= 4 is 17.7 Å². The monoisotopic (exact) mass is 416 g/mol. The van der Waals surface area contributed by atoms with E-state index in [1.54, 1.807) is 11.8 Å². The molecular weight excluding hydrogens is 380 g/mol. The Balaban J connectivity index is 2.01. The van der Waals surface area contributed by atoms with Crippen molar-refractivity contribution in [3.63, 3.8) is 0 Å². The maximum atomic E-state index is 13.3. The molecule has 1 saturated heterocycles. The third kappa shape index (κ3) is 6.55. The molecule has 1 aliphatic rings. The van der Waals surface area contributed by atoms with Crippen molar-refractivity contribution in [3.05, 3.63) is 35.9 Å². The van der Waals surface area contributed by atoms with Crippen LogP contribution >= 0.6 is 0 Å². The molecule has 0 spiro atoms. The van der Waals surface area contributed by atoms with E-state index in [4.69, 9.17) is 0 Å². The predicted octanol–water partition coefficient (Wildman–Crippen LogP) is 1.82. The zero-order valence-corrected chi connectivity index (χ0v) is 18.8. The van der Waals surface area contributed by atoms with Gasteiger partial charge in [-0.05, 0) is 31.2 Å². The fraction of sp³-hybridized carbons (Fsp3) is 0.609. The maximum absolute atomic E-state index is 13.3. The molecule has 0 unspecified atom stereocenters. The van der Waals surface area contributed by atoms with Crippen molar-refractivity contribution in [2.75, 3.05) is 6.54 Å². The molecule has 0 radical (unpaired) electrons. The van der Waals surface area contributed by atoms with Crippen LogP contribution in [0.5, 0.6) is 0 Å². The summed E-state index contributed by atoms with van der Waals surface area (Å²) in [5, 5.41) is 8.99. The number of nitrogens with one attached hydrogen (secondary N) is 3. The minimum atomic E-state index is -0.656. The Morgan fingerprint density at radius 2 is 1.73 bits per heavy atom. The summed E-state index contributed by atoms with van der Waals surface area (Å²) in [4.78, 5) is 40.2. The Labute approximate surface area is 180 Å². The normalized spacial score (nSPS) is 18.4. The van der Waals surface area contributed by atoms with E-state index in [0.29, 0.717) is 19.5 Å². The van der Waals surface area contributed by atoms with Crippen LogP contribution in [0.2, 0.25) is 0 Å². The standard InChI is InChI=1S/C23H36N4O3/c1-15(2)20(26-21(28)17(5)25-16(3)4)23(30)27-13-9-12-19(27)22(29)24-14-18-10-7-6-8-11-18/h6-8,10-11,15-17,19-20,25H,9,12-14H2,1-5H3,(H,24,29)(H,26,28)/t17-,19-,20-/m0/s1. The molecule has 3 amide bonds. The fourth-order valence-corrected chi connectivity index (χ4v) is 3.75. The summed E-state index contributed by atoms with van der Waals surface area (Å²) in [7, 11) is 0. The van der Waals surface area contributed by atoms with Gasteiger partial charge >= 0.3 is 0 Å². The SMILES string of the molecule is CC(C)N[C@@H](C)C(=O)N[C@H](C(=O)N1CCC[C@H]1C(=O)NCc1ccccc1)C(C)C. The molecule has 30 heavy (non-hydrogen) atoms. The Morgan fingerprint density at radius 3 is 2.33 bits per heavy atom. The van der Waals surface area contributed by atoms with Crippen molar-refractivity contribution in [1.29, 1.82) is 0 Å². The molecule has 7 heteroatoms. The van der Waals surface area contributed by atoms with Gasteiger partial charge in [-0.2, -0.15) is 0 Å². The molecule has 1 aliphatic heterocycles. The number of benzene rings is 1. The van der Waals surface area contributed by atoms with Crippen molar-refractivity contribution in [1.82, 2.24) is 20.9 Å². The second kappa shape index (κ2) is 11.1. The van der Waals surface area contributed by atoms with Gasteiger partial charge in [0.15, 0.2) is 0 Å². The first-order chi connectivity index (χ1) is 14.2. The van der Waals surface area contributed by atoms with E-state index in [9.17, 15) is 14.4 Å². The van der Waals surface area contributed by atoms with E-state index in [0.717, 1.165) is 12.0 Å². The lowest BCUT2D eigenvalue weighted by atomic mass is 10.0. The molecule has 0 bridgehead atoms. The molecule has 1 fully saturated rings. The Morgan fingerprint density at radius 1 is 1.07 bits per heavy atom.